The van der Waals surface area contributed by atoms with E-state index in [2.05, 4.69) is 0 Å². The monoisotopic (exact) mass is 171 g/mol. The number of rotatable bonds is 2. The van der Waals surface area contributed by atoms with Crippen LogP contribution in [0.1, 0.15) is 6.92 Å². The number of ether oxygens (including phenoxy) is 1. The Morgan fingerprint density at radius 2 is 2.08 bits per heavy atom. The highest BCUT2D eigenvalue weighted by atomic mass is 16.5. The van der Waals surface area contributed by atoms with E-state index >= 15 is 0 Å². The molecule has 0 atom stereocenters. The van der Waals surface area contributed by atoms with Gasteiger partial charge in [0.05, 0.1) is 13.2 Å². The first-order chi connectivity index (χ1) is 5.75. The van der Waals surface area contributed by atoms with E-state index in [0.717, 1.165) is 0 Å². The van der Waals surface area contributed by atoms with Crippen LogP contribution in [-0.2, 0) is 9.53 Å². The molecule has 0 radical (unpaired) electrons. The molecule has 12 heavy (non-hydrogen) atoms. The Bertz CT molecular complexity index is 194. The Kier molecular flexibility index (Phi) is 3.10. The Labute approximate surface area is 71.4 Å². The van der Waals surface area contributed by atoms with Gasteiger partial charge in [0.2, 0.25) is 0 Å². The minimum atomic E-state index is -0.862. The second-order valence-corrected chi connectivity index (χ2v) is 2.58. The van der Waals surface area contributed by atoms with Gasteiger partial charge in [0.25, 0.3) is 0 Å². The largest absolute Gasteiger partial charge is 0.477 e. The van der Waals surface area contributed by atoms with Crippen LogP contribution >= 0.6 is 0 Å². The standard InChI is InChI=1S/C8H13NO3/c1-2-7(8(10)11)9-3-5-12-6-4-9/h2H,3-6H2,1H3,(H,10,11). The maximum atomic E-state index is 10.7. The molecule has 1 aliphatic heterocycles. The van der Waals surface area contributed by atoms with Gasteiger partial charge in [-0.3, -0.25) is 0 Å². The Morgan fingerprint density at radius 3 is 2.50 bits per heavy atom. The molecule has 1 rings (SSSR count). The molecule has 0 spiro atoms. The van der Waals surface area contributed by atoms with Gasteiger partial charge in [-0.25, -0.2) is 4.79 Å². The van der Waals surface area contributed by atoms with Gasteiger partial charge in [-0.2, -0.15) is 0 Å². The molecule has 1 heterocycles. The number of aliphatic carboxylic acids is 1. The molecule has 1 N–H and O–H groups in total. The molecule has 1 aliphatic rings. The van der Waals surface area contributed by atoms with E-state index in [1.165, 1.54) is 0 Å². The van der Waals surface area contributed by atoms with Crippen molar-refractivity contribution in [2.45, 2.75) is 6.92 Å². The van der Waals surface area contributed by atoms with Crippen molar-refractivity contribution in [3.8, 4) is 0 Å². The van der Waals surface area contributed by atoms with Crippen LogP contribution in [0, 0.1) is 0 Å². The lowest BCUT2D eigenvalue weighted by Gasteiger charge is -2.28. The van der Waals surface area contributed by atoms with E-state index in [9.17, 15) is 4.79 Å². The molecule has 0 aromatic rings. The molecule has 0 unspecified atom stereocenters. The number of morpholine rings is 1. The van der Waals surface area contributed by atoms with Crippen molar-refractivity contribution in [2.24, 2.45) is 0 Å². The highest BCUT2D eigenvalue weighted by Crippen LogP contribution is 2.07. The molecule has 0 amide bonds. The molecule has 68 valence electrons. The highest BCUT2D eigenvalue weighted by Gasteiger charge is 2.17. The molecule has 4 heteroatoms. The number of nitrogens with zero attached hydrogens (tertiary/aromatic N) is 1. The summed E-state index contributed by atoms with van der Waals surface area (Å²) in [5, 5.41) is 8.77. The lowest BCUT2D eigenvalue weighted by Crippen LogP contribution is -2.37. The van der Waals surface area contributed by atoms with Crippen LogP contribution in [0.25, 0.3) is 0 Å². The molecule has 1 saturated heterocycles. The van der Waals surface area contributed by atoms with Crippen LogP contribution in [0.3, 0.4) is 0 Å². The fourth-order valence-electron chi connectivity index (χ4n) is 1.25. The lowest BCUT2D eigenvalue weighted by molar-refractivity contribution is -0.135. The highest BCUT2D eigenvalue weighted by molar-refractivity contribution is 5.85. The third-order valence-electron chi connectivity index (χ3n) is 1.84. The van der Waals surface area contributed by atoms with Crippen molar-refractivity contribution >= 4 is 5.97 Å². The second-order valence-electron chi connectivity index (χ2n) is 2.58. The Morgan fingerprint density at radius 1 is 1.50 bits per heavy atom. The van der Waals surface area contributed by atoms with Gasteiger partial charge in [0.1, 0.15) is 5.70 Å². The predicted molar refractivity (Wildman–Crippen MR) is 43.8 cm³/mol. The molecule has 0 saturated carbocycles. The number of carbonyl (C=O) groups is 1. The molecule has 0 aromatic heterocycles. The van der Waals surface area contributed by atoms with Crippen molar-refractivity contribution in [1.29, 1.82) is 0 Å². The molecule has 0 aliphatic carbocycles. The van der Waals surface area contributed by atoms with E-state index < -0.39 is 5.97 Å². The topological polar surface area (TPSA) is 49.8 Å². The van der Waals surface area contributed by atoms with Crippen LogP contribution in [0.15, 0.2) is 11.8 Å². The number of allylic oxidation sites excluding steroid dienone is 1. The summed E-state index contributed by atoms with van der Waals surface area (Å²) in [6, 6.07) is 0. The fourth-order valence-corrected chi connectivity index (χ4v) is 1.25. The normalized spacial score (nSPS) is 19.4. The summed E-state index contributed by atoms with van der Waals surface area (Å²) in [6.45, 7) is 4.31. The molecular formula is C8H13NO3. The van der Waals surface area contributed by atoms with Crippen molar-refractivity contribution in [1.82, 2.24) is 4.90 Å². The van der Waals surface area contributed by atoms with Gasteiger partial charge >= 0.3 is 5.97 Å². The summed E-state index contributed by atoms with van der Waals surface area (Å²) in [6.07, 6.45) is 1.62. The third-order valence-corrected chi connectivity index (χ3v) is 1.84. The van der Waals surface area contributed by atoms with E-state index in [4.69, 9.17) is 9.84 Å². The van der Waals surface area contributed by atoms with Crippen LogP contribution in [0.2, 0.25) is 0 Å². The minimum Gasteiger partial charge on any atom is -0.477 e. The first kappa shape index (κ1) is 9.06. The molecule has 4 nitrogen and oxygen atoms in total. The Hall–Kier alpha value is -1.03. The summed E-state index contributed by atoms with van der Waals surface area (Å²) < 4.78 is 5.11. The van der Waals surface area contributed by atoms with Gasteiger partial charge in [-0.05, 0) is 6.92 Å². The first-order valence-electron chi connectivity index (χ1n) is 3.98. The lowest BCUT2D eigenvalue weighted by atomic mass is 10.3. The van der Waals surface area contributed by atoms with Crippen molar-refractivity contribution < 1.29 is 14.6 Å². The van der Waals surface area contributed by atoms with Crippen LogP contribution in [0.5, 0.6) is 0 Å². The summed E-state index contributed by atoms with van der Waals surface area (Å²) in [5.41, 5.74) is 0.373. The zero-order chi connectivity index (χ0) is 8.97. The number of hydrogen-bond donors (Lipinski definition) is 1. The first-order valence-corrected chi connectivity index (χ1v) is 3.98. The maximum absolute atomic E-state index is 10.7. The molecule has 1 fully saturated rings. The molecular weight excluding hydrogens is 158 g/mol. The van der Waals surface area contributed by atoms with Crippen LogP contribution in [0.4, 0.5) is 0 Å². The Balaban J connectivity index is 2.59. The third kappa shape index (κ3) is 1.98. The maximum Gasteiger partial charge on any atom is 0.351 e. The summed E-state index contributed by atoms with van der Waals surface area (Å²) >= 11 is 0. The number of hydrogen-bond acceptors (Lipinski definition) is 3. The van der Waals surface area contributed by atoms with Gasteiger partial charge in [-0.15, -0.1) is 0 Å². The van der Waals surface area contributed by atoms with Gasteiger partial charge < -0.3 is 14.7 Å². The quantitative estimate of drug-likeness (QED) is 0.607. The second kappa shape index (κ2) is 4.11. The van der Waals surface area contributed by atoms with Gasteiger partial charge in [0.15, 0.2) is 0 Å². The average molecular weight is 171 g/mol. The zero-order valence-electron chi connectivity index (χ0n) is 7.12. The van der Waals surface area contributed by atoms with Crippen LogP contribution < -0.4 is 0 Å². The summed E-state index contributed by atoms with van der Waals surface area (Å²) in [5.74, 6) is -0.862. The van der Waals surface area contributed by atoms with E-state index in [0.29, 0.717) is 32.0 Å². The van der Waals surface area contributed by atoms with E-state index in [1.807, 2.05) is 4.90 Å². The molecule has 0 aromatic carbocycles. The number of carboxylic acids is 1. The SMILES string of the molecule is CC=C(C(=O)O)N1CCOCC1. The molecule has 0 bridgehead atoms. The van der Waals surface area contributed by atoms with Gasteiger partial charge in [0, 0.05) is 13.1 Å². The summed E-state index contributed by atoms with van der Waals surface area (Å²) in [4.78, 5) is 12.5. The van der Waals surface area contributed by atoms with Gasteiger partial charge in [-0.1, -0.05) is 6.08 Å². The van der Waals surface area contributed by atoms with Crippen LogP contribution in [-0.4, -0.2) is 42.3 Å². The van der Waals surface area contributed by atoms with Crippen molar-refractivity contribution in [3.05, 3.63) is 11.8 Å². The predicted octanol–water partition coefficient (Wildman–Crippen LogP) is 0.307. The summed E-state index contributed by atoms with van der Waals surface area (Å²) in [7, 11) is 0. The van der Waals surface area contributed by atoms with Crippen molar-refractivity contribution in [2.75, 3.05) is 26.3 Å². The van der Waals surface area contributed by atoms with Crippen molar-refractivity contribution in [3.63, 3.8) is 0 Å². The fraction of sp³-hybridized carbons (Fsp3) is 0.625. The smallest absolute Gasteiger partial charge is 0.351 e. The minimum absolute atomic E-state index is 0.373. The number of carboxylic acid groups (broad SMARTS) is 1. The van der Waals surface area contributed by atoms with E-state index in [-0.39, 0.29) is 0 Å². The average Bonchev–Trinajstić information content (AvgIpc) is 2.07. The van der Waals surface area contributed by atoms with E-state index in [1.54, 1.807) is 13.0 Å². The zero-order valence-corrected chi connectivity index (χ0v) is 7.12.